The minimum absolute atomic E-state index is 0.00675. The number of urea groups is 1. The van der Waals surface area contributed by atoms with E-state index in [1.165, 1.54) is 0 Å². The van der Waals surface area contributed by atoms with E-state index in [2.05, 4.69) is 58.3 Å². The number of aromatic nitrogens is 2. The number of benzene rings is 1. The highest BCUT2D eigenvalue weighted by atomic mass is 16.5. The molecule has 0 unspecified atom stereocenters. The van der Waals surface area contributed by atoms with Crippen LogP contribution in [0.4, 0.5) is 10.5 Å². The largest absolute Gasteiger partial charge is 0.373 e. The van der Waals surface area contributed by atoms with Gasteiger partial charge in [-0.2, -0.15) is 10.4 Å². The van der Waals surface area contributed by atoms with E-state index < -0.39 is 0 Å². The maximum Gasteiger partial charge on any atom is 0.317 e. The summed E-state index contributed by atoms with van der Waals surface area (Å²) in [6.07, 6.45) is 5.61. The number of hydrogen-bond acceptors (Lipinski definition) is 6. The number of methoxy groups -OCH3 is 1. The van der Waals surface area contributed by atoms with Gasteiger partial charge in [-0.3, -0.25) is 0 Å². The van der Waals surface area contributed by atoms with Gasteiger partial charge in [0.15, 0.2) is 0 Å². The quantitative estimate of drug-likeness (QED) is 0.494. The molecule has 9 heteroatoms. The zero-order valence-electron chi connectivity index (χ0n) is 24.4. The number of piperazine rings is 1. The average molecular weight is 544 g/mol. The Kier molecular flexibility index (Phi) is 8.02. The number of amides is 2. The van der Waals surface area contributed by atoms with Gasteiger partial charge < -0.3 is 24.8 Å². The molecule has 2 fully saturated rings. The molecule has 2 aliphatic heterocycles. The van der Waals surface area contributed by atoms with Crippen molar-refractivity contribution in [2.45, 2.75) is 58.2 Å². The zero-order valence-corrected chi connectivity index (χ0v) is 24.4. The van der Waals surface area contributed by atoms with Crippen molar-refractivity contribution in [3.8, 4) is 17.2 Å². The van der Waals surface area contributed by atoms with Gasteiger partial charge in [0, 0.05) is 82.0 Å². The minimum atomic E-state index is -0.371. The topological polar surface area (TPSA) is 89.1 Å². The van der Waals surface area contributed by atoms with Crippen molar-refractivity contribution in [1.29, 1.82) is 5.26 Å². The second kappa shape index (κ2) is 11.5. The van der Waals surface area contributed by atoms with Crippen molar-refractivity contribution in [3.05, 3.63) is 53.9 Å². The van der Waals surface area contributed by atoms with Crippen LogP contribution in [0.2, 0.25) is 0 Å². The Morgan fingerprint density at radius 3 is 2.40 bits per heavy atom. The summed E-state index contributed by atoms with van der Waals surface area (Å²) in [5, 5.41) is 17.7. The number of hydrogen-bond donors (Lipinski definition) is 1. The Bertz CT molecular complexity index is 1390. The van der Waals surface area contributed by atoms with Crippen LogP contribution in [0.1, 0.15) is 51.7 Å². The molecule has 212 valence electrons. The lowest BCUT2D eigenvalue weighted by atomic mass is 9.82. The van der Waals surface area contributed by atoms with Gasteiger partial charge >= 0.3 is 6.03 Å². The van der Waals surface area contributed by atoms with Gasteiger partial charge in [-0.15, -0.1) is 0 Å². The Labute approximate surface area is 237 Å². The molecule has 40 heavy (non-hydrogen) atoms. The van der Waals surface area contributed by atoms with Crippen LogP contribution in [-0.2, 0) is 10.3 Å². The third-order valence-corrected chi connectivity index (χ3v) is 8.51. The average Bonchev–Trinajstić information content (AvgIpc) is 3.41. The van der Waals surface area contributed by atoms with E-state index in [-0.39, 0.29) is 17.7 Å². The molecule has 0 saturated carbocycles. The van der Waals surface area contributed by atoms with Gasteiger partial charge in [-0.1, -0.05) is 12.1 Å². The fraction of sp³-hybridized carbons (Fsp3) is 0.516. The number of piperidine rings is 1. The predicted molar refractivity (Wildman–Crippen MR) is 157 cm³/mol. The van der Waals surface area contributed by atoms with E-state index in [9.17, 15) is 10.1 Å². The van der Waals surface area contributed by atoms with Crippen LogP contribution in [0, 0.1) is 11.3 Å². The van der Waals surface area contributed by atoms with Crippen molar-refractivity contribution < 1.29 is 9.53 Å². The van der Waals surface area contributed by atoms with Gasteiger partial charge in [0.25, 0.3) is 0 Å². The van der Waals surface area contributed by atoms with Gasteiger partial charge in [0.1, 0.15) is 0 Å². The third-order valence-electron chi connectivity index (χ3n) is 8.51. The van der Waals surface area contributed by atoms with Crippen molar-refractivity contribution in [1.82, 2.24) is 24.7 Å². The maximum atomic E-state index is 12.4. The molecule has 0 aliphatic carbocycles. The fourth-order valence-corrected chi connectivity index (χ4v) is 6.09. The highest BCUT2D eigenvalue weighted by molar-refractivity contribution is 5.82. The van der Waals surface area contributed by atoms with Crippen molar-refractivity contribution in [2.24, 2.45) is 0 Å². The van der Waals surface area contributed by atoms with Crippen molar-refractivity contribution in [3.63, 3.8) is 0 Å². The summed E-state index contributed by atoms with van der Waals surface area (Å²) < 4.78 is 8.01. The second-order valence-electron chi connectivity index (χ2n) is 11.6. The molecule has 3 aromatic rings. The molecule has 4 heterocycles. The second-order valence-corrected chi connectivity index (χ2v) is 11.6. The smallest absolute Gasteiger partial charge is 0.317 e. The van der Waals surface area contributed by atoms with Crippen molar-refractivity contribution in [2.75, 3.05) is 51.3 Å². The molecule has 2 aromatic heterocycles. The lowest BCUT2D eigenvalue weighted by molar-refractivity contribution is -0.0669. The number of anilines is 1. The van der Waals surface area contributed by atoms with E-state index in [0.29, 0.717) is 24.7 Å². The number of carbonyl (C=O) groups is 1. The fourth-order valence-electron chi connectivity index (χ4n) is 6.09. The van der Waals surface area contributed by atoms with Gasteiger partial charge in [-0.25, -0.2) is 9.31 Å². The van der Waals surface area contributed by atoms with Crippen LogP contribution >= 0.6 is 0 Å². The molecule has 0 radical (unpaired) electrons. The Morgan fingerprint density at radius 1 is 1.05 bits per heavy atom. The molecule has 2 saturated heterocycles. The lowest BCUT2D eigenvalue weighted by Crippen LogP contribution is -2.53. The number of nitriles is 1. The SMILES string of the molecule is COC1(c2ccc(-c3cc4c(N5CCN(C(=O)NC(C)C)CC5)ccnn4c3)c(C#N)c2)CCN(C(C)C)CC1. The number of nitrogens with one attached hydrogen (secondary N) is 1. The zero-order chi connectivity index (χ0) is 28.4. The standard InChI is InChI=1S/C31H41N7O2/c1-22(2)34-30(39)37-16-14-36(15-17-37)28-8-11-33-38-21-25(19-29(28)38)27-7-6-26(18-24(27)20-32)31(40-5)9-12-35(13-10-31)23(3)4/h6-8,11,18-19,21-23H,9-10,12-17H2,1-5H3,(H,34,39). The number of fused-ring (bicyclic) bond motifs is 1. The molecule has 2 amide bonds. The predicted octanol–water partition coefficient (Wildman–Crippen LogP) is 4.46. The Hall–Kier alpha value is -3.61. The van der Waals surface area contributed by atoms with Crippen LogP contribution < -0.4 is 10.2 Å². The summed E-state index contributed by atoms with van der Waals surface area (Å²) >= 11 is 0. The van der Waals surface area contributed by atoms with E-state index in [1.54, 1.807) is 7.11 Å². The number of ether oxygens (including phenoxy) is 1. The van der Waals surface area contributed by atoms with E-state index in [4.69, 9.17) is 4.74 Å². The number of carbonyl (C=O) groups excluding carboxylic acids is 1. The Morgan fingerprint density at radius 2 is 1.77 bits per heavy atom. The molecule has 1 aromatic carbocycles. The lowest BCUT2D eigenvalue weighted by Gasteiger charge is -2.42. The van der Waals surface area contributed by atoms with Crippen LogP contribution in [0.5, 0.6) is 0 Å². The van der Waals surface area contributed by atoms with Gasteiger partial charge in [0.05, 0.1) is 28.4 Å². The Balaban J connectivity index is 1.39. The normalized spacial score (nSPS) is 17.9. The van der Waals surface area contributed by atoms with E-state index >= 15 is 0 Å². The maximum absolute atomic E-state index is 12.4. The minimum Gasteiger partial charge on any atom is -0.373 e. The molecule has 0 spiro atoms. The summed E-state index contributed by atoms with van der Waals surface area (Å²) in [5.74, 6) is 0. The summed E-state index contributed by atoms with van der Waals surface area (Å²) in [7, 11) is 1.79. The molecule has 0 bridgehead atoms. The van der Waals surface area contributed by atoms with Crippen molar-refractivity contribution >= 4 is 17.2 Å². The molecule has 0 atom stereocenters. The molecular formula is C31H41N7O2. The first-order valence-corrected chi connectivity index (χ1v) is 14.4. The first-order valence-electron chi connectivity index (χ1n) is 14.4. The molecule has 1 N–H and O–H groups in total. The van der Waals surface area contributed by atoms with Crippen LogP contribution in [-0.4, -0.2) is 83.9 Å². The first-order chi connectivity index (χ1) is 19.2. The molecule has 2 aliphatic rings. The monoisotopic (exact) mass is 543 g/mol. The summed E-state index contributed by atoms with van der Waals surface area (Å²) in [5.41, 5.74) is 5.26. The van der Waals surface area contributed by atoms with Gasteiger partial charge in [-0.05, 0) is 64.3 Å². The van der Waals surface area contributed by atoms with E-state index in [1.807, 2.05) is 47.8 Å². The van der Waals surface area contributed by atoms with Gasteiger partial charge in [0.2, 0.25) is 0 Å². The highest BCUT2D eigenvalue weighted by Gasteiger charge is 2.37. The van der Waals surface area contributed by atoms with Crippen LogP contribution in [0.25, 0.3) is 16.6 Å². The highest BCUT2D eigenvalue weighted by Crippen LogP contribution is 2.39. The summed E-state index contributed by atoms with van der Waals surface area (Å²) in [6.45, 7) is 13.2. The first kappa shape index (κ1) is 27.9. The molecule has 9 nitrogen and oxygen atoms in total. The van der Waals surface area contributed by atoms with Crippen LogP contribution in [0.3, 0.4) is 0 Å². The molecular weight excluding hydrogens is 502 g/mol. The van der Waals surface area contributed by atoms with Crippen LogP contribution in [0.15, 0.2) is 42.7 Å². The number of nitrogens with zero attached hydrogens (tertiary/aromatic N) is 6. The third kappa shape index (κ3) is 5.38. The number of likely N-dealkylation sites (tertiary alicyclic amines) is 1. The summed E-state index contributed by atoms with van der Waals surface area (Å²) in [4.78, 5) is 19.1. The number of rotatable bonds is 6. The molecule has 5 rings (SSSR count). The van der Waals surface area contributed by atoms with E-state index in [0.717, 1.165) is 66.9 Å². The summed E-state index contributed by atoms with van der Waals surface area (Å²) in [6, 6.07) is 13.4.